The number of aromatic nitrogens is 3. The van der Waals surface area contributed by atoms with Gasteiger partial charge in [-0.15, -0.1) is 0 Å². The minimum absolute atomic E-state index is 0.00242. The highest BCUT2D eigenvalue weighted by Crippen LogP contribution is 2.31. The van der Waals surface area contributed by atoms with Crippen molar-refractivity contribution in [3.05, 3.63) is 47.7 Å². The highest BCUT2D eigenvalue weighted by atomic mass is 19.4. The van der Waals surface area contributed by atoms with E-state index in [-0.39, 0.29) is 34.4 Å². The number of hydrogen-bond acceptors (Lipinski definition) is 6. The number of nitrogens with one attached hydrogen (secondary N) is 1. The van der Waals surface area contributed by atoms with E-state index < -0.39 is 11.9 Å². The number of nitrogens with zero attached hydrogens (tertiary/aromatic N) is 2. The van der Waals surface area contributed by atoms with Crippen molar-refractivity contribution < 1.29 is 31.8 Å². The summed E-state index contributed by atoms with van der Waals surface area (Å²) in [6.45, 7) is 4.91. The number of rotatable bonds is 4. The molecule has 0 fully saturated rings. The molecule has 0 bridgehead atoms. The summed E-state index contributed by atoms with van der Waals surface area (Å²) in [5.74, 6) is 0.385. The SMILES string of the molecule is COC(C)(C)COC1COc2cc(F)ccc2C1.Nc1ncnc2[nH]c(C(F)(F)F)cc12. The van der Waals surface area contributed by atoms with Gasteiger partial charge in [0.2, 0.25) is 0 Å². The smallest absolute Gasteiger partial charge is 0.431 e. The predicted octanol–water partition coefficient (Wildman–Crippen LogP) is 4.13. The number of methoxy groups -OCH3 is 1. The molecule has 0 aliphatic carbocycles. The molecule has 3 N–H and O–H groups in total. The first-order valence-corrected chi connectivity index (χ1v) is 9.73. The molecular weight excluding hydrogens is 432 g/mol. The third kappa shape index (κ3) is 5.86. The van der Waals surface area contributed by atoms with Crippen LogP contribution in [0.3, 0.4) is 0 Å². The van der Waals surface area contributed by atoms with Crippen LogP contribution in [0.4, 0.5) is 23.4 Å². The van der Waals surface area contributed by atoms with Gasteiger partial charge < -0.3 is 24.9 Å². The van der Waals surface area contributed by atoms with Crippen molar-refractivity contribution in [1.29, 1.82) is 0 Å². The van der Waals surface area contributed by atoms with Crippen molar-refractivity contribution in [1.82, 2.24) is 15.0 Å². The summed E-state index contributed by atoms with van der Waals surface area (Å²) in [6, 6.07) is 5.51. The summed E-state index contributed by atoms with van der Waals surface area (Å²) in [4.78, 5) is 9.33. The van der Waals surface area contributed by atoms with Crippen LogP contribution in [0.15, 0.2) is 30.6 Å². The lowest BCUT2D eigenvalue weighted by atomic mass is 10.0. The van der Waals surface area contributed by atoms with Crippen LogP contribution in [0.25, 0.3) is 11.0 Å². The third-order valence-electron chi connectivity index (χ3n) is 4.88. The van der Waals surface area contributed by atoms with E-state index in [9.17, 15) is 17.6 Å². The van der Waals surface area contributed by atoms with Crippen molar-refractivity contribution in [2.75, 3.05) is 26.1 Å². The summed E-state index contributed by atoms with van der Waals surface area (Å²) in [5, 5.41) is 0.180. The number of nitrogens with two attached hydrogens (primary N) is 1. The molecule has 1 aliphatic rings. The summed E-state index contributed by atoms with van der Waals surface area (Å²) in [7, 11) is 1.67. The minimum Gasteiger partial charge on any atom is -0.490 e. The molecule has 1 atom stereocenters. The Labute approximate surface area is 181 Å². The first-order valence-electron chi connectivity index (χ1n) is 9.73. The maximum absolute atomic E-state index is 13.0. The number of hydrogen-bond donors (Lipinski definition) is 2. The molecule has 0 radical (unpaired) electrons. The Morgan fingerprint density at radius 3 is 2.62 bits per heavy atom. The minimum atomic E-state index is -4.42. The lowest BCUT2D eigenvalue weighted by Gasteiger charge is -2.29. The van der Waals surface area contributed by atoms with Crippen molar-refractivity contribution in [3.63, 3.8) is 0 Å². The zero-order valence-corrected chi connectivity index (χ0v) is 17.8. The summed E-state index contributed by atoms with van der Waals surface area (Å²) in [5.41, 5.74) is 5.27. The topological polar surface area (TPSA) is 95.3 Å². The van der Waals surface area contributed by atoms with Gasteiger partial charge in [-0.3, -0.25) is 0 Å². The largest absolute Gasteiger partial charge is 0.490 e. The molecule has 1 unspecified atom stereocenters. The van der Waals surface area contributed by atoms with Crippen molar-refractivity contribution in [2.24, 2.45) is 0 Å². The molecule has 0 amide bonds. The molecule has 32 heavy (non-hydrogen) atoms. The number of H-pyrrole nitrogens is 1. The number of anilines is 1. The van der Waals surface area contributed by atoms with Crippen LogP contribution in [0.5, 0.6) is 5.75 Å². The normalized spacial score (nSPS) is 16.2. The fourth-order valence-corrected chi connectivity index (χ4v) is 2.91. The van der Waals surface area contributed by atoms with E-state index in [1.807, 2.05) is 13.8 Å². The van der Waals surface area contributed by atoms with Gasteiger partial charge in [0.05, 0.1) is 23.7 Å². The molecule has 3 heterocycles. The van der Waals surface area contributed by atoms with Gasteiger partial charge in [-0.1, -0.05) is 6.07 Å². The van der Waals surface area contributed by atoms with Gasteiger partial charge >= 0.3 is 6.18 Å². The molecule has 7 nitrogen and oxygen atoms in total. The van der Waals surface area contributed by atoms with Crippen LogP contribution in [-0.2, 0) is 22.1 Å². The molecule has 3 aromatic rings. The Morgan fingerprint density at radius 1 is 1.22 bits per heavy atom. The van der Waals surface area contributed by atoms with Gasteiger partial charge in [-0.2, -0.15) is 13.2 Å². The van der Waals surface area contributed by atoms with Gasteiger partial charge in [0.1, 0.15) is 41.7 Å². The monoisotopic (exact) mass is 456 g/mol. The Balaban J connectivity index is 0.000000186. The maximum Gasteiger partial charge on any atom is 0.431 e. The Kier molecular flexibility index (Phi) is 6.89. The van der Waals surface area contributed by atoms with E-state index in [4.69, 9.17) is 19.9 Å². The molecule has 0 spiro atoms. The van der Waals surface area contributed by atoms with Gasteiger partial charge in [-0.25, -0.2) is 14.4 Å². The first kappa shape index (κ1) is 23.7. The van der Waals surface area contributed by atoms with Crippen molar-refractivity contribution in [2.45, 2.75) is 38.1 Å². The fourth-order valence-electron chi connectivity index (χ4n) is 2.91. The Bertz CT molecular complexity index is 1070. The number of ether oxygens (including phenoxy) is 3. The van der Waals surface area contributed by atoms with Gasteiger partial charge in [0.25, 0.3) is 0 Å². The van der Waals surface area contributed by atoms with Crippen molar-refractivity contribution >= 4 is 16.9 Å². The molecule has 4 rings (SSSR count). The van der Waals surface area contributed by atoms with Gasteiger partial charge in [0.15, 0.2) is 0 Å². The summed E-state index contributed by atoms with van der Waals surface area (Å²) < 4.78 is 66.3. The molecule has 174 valence electrons. The van der Waals surface area contributed by atoms with Gasteiger partial charge in [0, 0.05) is 19.6 Å². The molecule has 2 aromatic heterocycles. The quantitative estimate of drug-likeness (QED) is 0.574. The molecule has 0 saturated heterocycles. The van der Waals surface area contributed by atoms with Gasteiger partial charge in [-0.05, 0) is 31.5 Å². The Hall–Kier alpha value is -2.92. The van der Waals surface area contributed by atoms with Crippen LogP contribution in [0.2, 0.25) is 0 Å². The summed E-state index contributed by atoms with van der Waals surface area (Å²) in [6.07, 6.45) is -2.57. The number of halogens is 4. The molecule has 1 aromatic carbocycles. The van der Waals surface area contributed by atoms with E-state index in [2.05, 4.69) is 15.0 Å². The second-order valence-electron chi connectivity index (χ2n) is 7.87. The fraction of sp³-hybridized carbons (Fsp3) is 0.429. The van der Waals surface area contributed by atoms with E-state index in [1.54, 1.807) is 13.2 Å². The highest BCUT2D eigenvalue weighted by molar-refractivity contribution is 5.86. The van der Waals surface area contributed by atoms with Crippen LogP contribution in [-0.4, -0.2) is 47.0 Å². The average molecular weight is 456 g/mol. The van der Waals surface area contributed by atoms with Crippen LogP contribution in [0, 0.1) is 5.82 Å². The average Bonchev–Trinajstić information content (AvgIpc) is 3.19. The summed E-state index contributed by atoms with van der Waals surface area (Å²) >= 11 is 0. The second-order valence-corrected chi connectivity index (χ2v) is 7.87. The zero-order valence-electron chi connectivity index (χ0n) is 17.8. The number of aromatic amines is 1. The molecular formula is C21H24F4N4O3. The second kappa shape index (κ2) is 9.29. The van der Waals surface area contributed by atoms with Crippen molar-refractivity contribution in [3.8, 4) is 5.75 Å². The molecule has 1 aliphatic heterocycles. The standard InChI is InChI=1S/C14H19FO3.C7H5F3N4/c1-14(2,16-3)9-18-12-6-10-4-5-11(15)7-13(10)17-8-12;8-7(9,10)4-1-3-5(11)12-2-13-6(3)14-4/h4-5,7,12H,6,8-9H2,1-3H3;1-2H,(H3,11,12,13,14). The van der Waals surface area contributed by atoms with E-state index in [0.717, 1.165) is 24.4 Å². The number of benzene rings is 1. The molecule has 0 saturated carbocycles. The third-order valence-corrected chi connectivity index (χ3v) is 4.88. The number of alkyl halides is 3. The van der Waals surface area contributed by atoms with E-state index in [1.165, 1.54) is 12.1 Å². The van der Waals surface area contributed by atoms with Crippen LogP contribution in [0.1, 0.15) is 25.1 Å². The highest BCUT2D eigenvalue weighted by Gasteiger charge is 2.33. The zero-order chi connectivity index (χ0) is 23.5. The van der Waals surface area contributed by atoms with E-state index in [0.29, 0.717) is 19.0 Å². The molecule has 11 heteroatoms. The lowest BCUT2D eigenvalue weighted by Crippen LogP contribution is -2.36. The van der Waals surface area contributed by atoms with Crippen LogP contribution < -0.4 is 10.5 Å². The first-order chi connectivity index (χ1) is 15.0. The number of fused-ring (bicyclic) bond motifs is 2. The lowest BCUT2D eigenvalue weighted by molar-refractivity contribution is -0.140. The van der Waals surface area contributed by atoms with E-state index >= 15 is 0 Å². The predicted molar refractivity (Wildman–Crippen MR) is 110 cm³/mol. The maximum atomic E-state index is 13.0. The number of nitrogen functional groups attached to an aromatic ring is 1. The van der Waals surface area contributed by atoms with Crippen LogP contribution >= 0.6 is 0 Å². The Morgan fingerprint density at radius 2 is 1.97 bits per heavy atom.